The second kappa shape index (κ2) is 10.9. The highest BCUT2D eigenvalue weighted by molar-refractivity contribution is 9.10. The molecule has 3 atom stereocenters. The Labute approximate surface area is 256 Å². The monoisotopic (exact) mass is 684 g/mol. The molecule has 1 aromatic heterocycles. The number of imide groups is 1. The lowest BCUT2D eigenvalue weighted by molar-refractivity contribution is -0.122. The Balaban J connectivity index is 1.36. The molecule has 3 aromatic carbocycles. The number of carbonyl (C=O) groups is 3. The third-order valence-corrected chi connectivity index (χ3v) is 11.1. The molecular weight excluding hydrogens is 664 g/mol. The second-order valence-electron chi connectivity index (χ2n) is 9.68. The number of nitrogens with one attached hydrogen (secondary N) is 1. The number of nitrogens with two attached hydrogens (primary N) is 1. The van der Waals surface area contributed by atoms with Crippen molar-refractivity contribution < 1.29 is 22.8 Å². The molecule has 0 radical (unpaired) electrons. The summed E-state index contributed by atoms with van der Waals surface area (Å²) in [6, 6.07) is 21.5. The van der Waals surface area contributed by atoms with E-state index < -0.39 is 37.9 Å². The van der Waals surface area contributed by atoms with E-state index in [4.69, 9.17) is 5.14 Å². The molecule has 1 saturated heterocycles. The first-order valence-electron chi connectivity index (χ1n) is 12.5. The first kappa shape index (κ1) is 28.6. The van der Waals surface area contributed by atoms with Crippen molar-refractivity contribution in [2.24, 2.45) is 11.1 Å². The van der Waals surface area contributed by atoms with E-state index in [1.807, 2.05) is 24.3 Å². The fourth-order valence-electron chi connectivity index (χ4n) is 5.19. The Bertz CT molecular complexity index is 1890. The molecule has 14 heteroatoms. The summed E-state index contributed by atoms with van der Waals surface area (Å²) in [5, 5.41) is 7.46. The zero-order valence-electron chi connectivity index (χ0n) is 21.5. The number of aromatic nitrogens is 1. The van der Waals surface area contributed by atoms with Crippen molar-refractivity contribution in [2.75, 3.05) is 10.2 Å². The summed E-state index contributed by atoms with van der Waals surface area (Å²) in [6.45, 7) is -0.344. The number of hydrogen-bond acceptors (Lipinski definition) is 8. The number of amides is 3. The maximum atomic E-state index is 13.9. The minimum absolute atomic E-state index is 0.103. The highest BCUT2D eigenvalue weighted by atomic mass is 79.9. The van der Waals surface area contributed by atoms with Crippen LogP contribution in [0.15, 0.2) is 98.1 Å². The Hall–Kier alpha value is -3.56. The van der Waals surface area contributed by atoms with Gasteiger partial charge in [-0.3, -0.25) is 23.7 Å². The molecule has 6 rings (SSSR count). The van der Waals surface area contributed by atoms with Crippen LogP contribution in [0.2, 0.25) is 0 Å². The Morgan fingerprint density at radius 2 is 1.60 bits per heavy atom. The summed E-state index contributed by atoms with van der Waals surface area (Å²) >= 11 is 5.53. The molecule has 3 N–H and O–H groups in total. The number of thiazole rings is 1. The maximum Gasteiger partial charge on any atom is 0.308 e. The van der Waals surface area contributed by atoms with E-state index >= 15 is 0 Å². The van der Waals surface area contributed by atoms with Gasteiger partial charge in [0.1, 0.15) is 11.8 Å². The van der Waals surface area contributed by atoms with Crippen molar-refractivity contribution in [3.63, 3.8) is 0 Å². The quantitative estimate of drug-likeness (QED) is 0.294. The van der Waals surface area contributed by atoms with Gasteiger partial charge in [-0.05, 0) is 54.1 Å². The van der Waals surface area contributed by atoms with Gasteiger partial charge in [0.25, 0.3) is 0 Å². The minimum Gasteiger partial charge on any atom is -0.325 e. The highest BCUT2D eigenvalue weighted by Gasteiger charge is 2.56. The van der Waals surface area contributed by atoms with Crippen LogP contribution in [0.1, 0.15) is 16.4 Å². The number of carbonyl (C=O) groups excluding carboxylic acids is 3. The zero-order chi connectivity index (χ0) is 29.8. The van der Waals surface area contributed by atoms with Gasteiger partial charge in [-0.25, -0.2) is 18.5 Å². The fourth-order valence-corrected chi connectivity index (χ4v) is 8.74. The van der Waals surface area contributed by atoms with Crippen LogP contribution < -0.4 is 20.2 Å². The van der Waals surface area contributed by atoms with Crippen LogP contribution in [-0.4, -0.2) is 36.0 Å². The molecule has 2 aliphatic rings. The lowest BCUT2D eigenvalue weighted by Crippen LogP contribution is -2.33. The molecule has 214 valence electrons. The number of para-hydroxylation sites is 1. The minimum atomic E-state index is -3.89. The summed E-state index contributed by atoms with van der Waals surface area (Å²) in [4.78, 5) is 55.2. The van der Waals surface area contributed by atoms with Gasteiger partial charge >= 0.3 is 4.87 Å². The molecule has 0 spiro atoms. The van der Waals surface area contributed by atoms with Crippen LogP contribution in [0.4, 0.5) is 11.4 Å². The summed E-state index contributed by atoms with van der Waals surface area (Å²) in [5.41, 5.74) is 1.57. The number of hydrogen-bond donors (Lipinski definition) is 2. The molecule has 3 amide bonds. The molecule has 0 saturated carbocycles. The number of rotatable bonds is 6. The molecule has 0 aliphatic carbocycles. The van der Waals surface area contributed by atoms with Crippen LogP contribution in [0, 0.1) is 5.92 Å². The molecular formula is C28H21BrN4O6S3. The van der Waals surface area contributed by atoms with Gasteiger partial charge in [0.15, 0.2) is 0 Å². The number of halogens is 1. The van der Waals surface area contributed by atoms with Crippen molar-refractivity contribution in [3.05, 3.63) is 103 Å². The van der Waals surface area contributed by atoms with Crippen molar-refractivity contribution >= 4 is 78.1 Å². The highest BCUT2D eigenvalue weighted by Crippen LogP contribution is 2.53. The third kappa shape index (κ3) is 5.13. The van der Waals surface area contributed by atoms with Crippen molar-refractivity contribution in [3.8, 4) is 0 Å². The van der Waals surface area contributed by atoms with Crippen molar-refractivity contribution in [1.29, 1.82) is 0 Å². The Morgan fingerprint density at radius 3 is 2.24 bits per heavy atom. The van der Waals surface area contributed by atoms with Gasteiger partial charge in [0.2, 0.25) is 27.7 Å². The van der Waals surface area contributed by atoms with E-state index in [1.54, 1.807) is 30.3 Å². The van der Waals surface area contributed by atoms with Crippen LogP contribution in [0.5, 0.6) is 0 Å². The number of sulfonamides is 1. The SMILES string of the molecule is NS(=O)(=O)c1ccc(NC(=O)Cn2c3c(sc2=O)[C@H](c2ccc(Br)cc2)C2C(=O)N(c4ccccc4)C(=O)C2S3)cc1. The van der Waals surface area contributed by atoms with Gasteiger partial charge in [0, 0.05) is 21.0 Å². The first-order chi connectivity index (χ1) is 20.0. The summed E-state index contributed by atoms with van der Waals surface area (Å²) < 4.78 is 25.2. The molecule has 3 heterocycles. The predicted molar refractivity (Wildman–Crippen MR) is 163 cm³/mol. The number of nitrogens with zero attached hydrogens (tertiary/aromatic N) is 2. The third-order valence-electron chi connectivity index (χ3n) is 7.06. The number of benzene rings is 3. The van der Waals surface area contributed by atoms with Gasteiger partial charge in [-0.15, -0.1) is 0 Å². The molecule has 1 fully saturated rings. The van der Waals surface area contributed by atoms with Crippen LogP contribution >= 0.6 is 39.0 Å². The van der Waals surface area contributed by atoms with Crippen molar-refractivity contribution in [1.82, 2.24) is 4.57 Å². The van der Waals surface area contributed by atoms with Crippen LogP contribution in [0.3, 0.4) is 0 Å². The summed E-state index contributed by atoms with van der Waals surface area (Å²) in [6.07, 6.45) is 0. The summed E-state index contributed by atoms with van der Waals surface area (Å²) in [7, 11) is -3.89. The smallest absolute Gasteiger partial charge is 0.308 e. The Kier molecular flexibility index (Phi) is 7.43. The normalized spacial score (nSPS) is 19.9. The van der Waals surface area contributed by atoms with E-state index in [2.05, 4.69) is 21.2 Å². The molecule has 2 aliphatic heterocycles. The molecule has 4 aromatic rings. The summed E-state index contributed by atoms with van der Waals surface area (Å²) in [5.74, 6) is -2.55. The number of thioether (sulfide) groups is 1. The van der Waals surface area contributed by atoms with E-state index in [0.717, 1.165) is 33.1 Å². The topological polar surface area (TPSA) is 149 Å². The molecule has 2 unspecified atom stereocenters. The average molecular weight is 686 g/mol. The largest absolute Gasteiger partial charge is 0.325 e. The van der Waals surface area contributed by atoms with E-state index in [9.17, 15) is 27.6 Å². The molecule has 0 bridgehead atoms. The fraction of sp³-hybridized carbons (Fsp3) is 0.143. The van der Waals surface area contributed by atoms with Crippen LogP contribution in [-0.2, 0) is 31.0 Å². The van der Waals surface area contributed by atoms with E-state index in [-0.39, 0.29) is 23.3 Å². The maximum absolute atomic E-state index is 13.9. The van der Waals surface area contributed by atoms with Crippen LogP contribution in [0.25, 0.3) is 0 Å². The van der Waals surface area contributed by atoms with E-state index in [0.29, 0.717) is 21.3 Å². The van der Waals surface area contributed by atoms with Gasteiger partial charge in [-0.2, -0.15) is 0 Å². The van der Waals surface area contributed by atoms with Gasteiger partial charge in [0.05, 0.1) is 21.5 Å². The first-order valence-corrected chi connectivity index (χ1v) is 16.6. The van der Waals surface area contributed by atoms with Crippen molar-refractivity contribution in [2.45, 2.75) is 27.6 Å². The van der Waals surface area contributed by atoms with Gasteiger partial charge < -0.3 is 5.32 Å². The van der Waals surface area contributed by atoms with Gasteiger partial charge in [-0.1, -0.05) is 69.4 Å². The predicted octanol–water partition coefficient (Wildman–Crippen LogP) is 3.75. The number of primary sulfonamides is 1. The molecule has 42 heavy (non-hydrogen) atoms. The lowest BCUT2D eigenvalue weighted by atomic mass is 9.83. The Morgan fingerprint density at radius 1 is 0.929 bits per heavy atom. The standard InChI is InChI=1S/C28H21BrN4O6S3/c29-16-8-6-15(7-9-16)21-22-23(26(36)33(25(22)35)18-4-2-1-3-5-18)40-27-24(21)41-28(37)32(27)14-20(34)31-17-10-12-19(13-11-17)42(30,38)39/h1-13,21-23H,14H2,(H,31,34)(H2,30,38,39)/t21-,22?,23?/m1/s1. The second-order valence-corrected chi connectivity index (χ2v) is 14.3. The van der Waals surface area contributed by atoms with E-state index in [1.165, 1.54) is 33.7 Å². The average Bonchev–Trinajstić information content (AvgIpc) is 3.40. The number of anilines is 2. The zero-order valence-corrected chi connectivity index (χ0v) is 25.5. The molecule has 10 nitrogen and oxygen atoms in total. The number of fused-ring (bicyclic) bond motifs is 2. The lowest BCUT2D eigenvalue weighted by Gasteiger charge is -2.30.